The molecule has 0 unspecified atom stereocenters. The Hall–Kier alpha value is -2.45. The van der Waals surface area contributed by atoms with E-state index in [4.69, 9.17) is 13.8 Å². The van der Waals surface area contributed by atoms with Crippen molar-refractivity contribution >= 4 is 45.9 Å². The Balaban J connectivity index is 1.43. The molecule has 0 spiro atoms. The van der Waals surface area contributed by atoms with Crippen LogP contribution >= 0.6 is 18.9 Å². The number of nitrogens with zero attached hydrogens (tertiary/aromatic N) is 1. The molecule has 8 nitrogen and oxygen atoms in total. The van der Waals surface area contributed by atoms with Gasteiger partial charge in [0.25, 0.3) is 5.91 Å². The maximum absolute atomic E-state index is 12.4. The molecule has 0 radical (unpaired) electrons. The van der Waals surface area contributed by atoms with Crippen LogP contribution in [0.4, 0.5) is 10.8 Å². The first-order valence-electron chi connectivity index (χ1n) is 10.0. The highest BCUT2D eigenvalue weighted by atomic mass is 32.1. The minimum atomic E-state index is -3.16. The number of nitrogens with one attached hydrogen (secondary N) is 2. The summed E-state index contributed by atoms with van der Waals surface area (Å²) in [6.45, 7) is 4.12. The van der Waals surface area contributed by atoms with Crippen LogP contribution in [0.3, 0.4) is 0 Å². The monoisotopic (exact) mass is 463 g/mol. The summed E-state index contributed by atoms with van der Waals surface area (Å²) in [7, 11) is -3.16. The summed E-state index contributed by atoms with van der Waals surface area (Å²) >= 11 is 1.58. The fourth-order valence-corrected chi connectivity index (χ4v) is 5.17. The summed E-state index contributed by atoms with van der Waals surface area (Å²) in [5.41, 5.74) is 1.83. The second-order valence-electron chi connectivity index (χ2n) is 6.44. The standard InChI is InChI=1S/C21H26N3O5PS/c1-3-28-30(26,29-4-2)14-13-22-20(25)15-27-17-11-9-16(10-12-17)23-21-24-18-7-5-6-8-19(18)31-21/h5-12H,3-4,13-15H2,1-2H3,(H,22,25)(H,23,24). The van der Waals surface area contributed by atoms with Gasteiger partial charge in [-0.1, -0.05) is 23.5 Å². The SMILES string of the molecule is CCOP(=O)(CCNC(=O)COc1ccc(Nc2nc3ccccc3s2)cc1)OCC. The molecule has 2 N–H and O–H groups in total. The number of rotatable bonds is 12. The number of aromatic nitrogens is 1. The van der Waals surface area contributed by atoms with Crippen molar-refractivity contribution in [2.24, 2.45) is 0 Å². The first-order valence-corrected chi connectivity index (χ1v) is 12.6. The van der Waals surface area contributed by atoms with Crippen molar-refractivity contribution in [2.45, 2.75) is 13.8 Å². The maximum atomic E-state index is 12.4. The molecule has 10 heteroatoms. The average Bonchev–Trinajstić information content (AvgIpc) is 3.16. The molecule has 166 valence electrons. The van der Waals surface area contributed by atoms with Gasteiger partial charge in [0.2, 0.25) is 0 Å². The van der Waals surface area contributed by atoms with E-state index in [1.54, 1.807) is 37.3 Å². The van der Waals surface area contributed by atoms with Gasteiger partial charge in [0.15, 0.2) is 11.7 Å². The molecule has 1 aromatic heterocycles. The van der Waals surface area contributed by atoms with Crippen LogP contribution in [-0.2, 0) is 18.4 Å². The number of hydrogen-bond acceptors (Lipinski definition) is 8. The molecule has 0 saturated heterocycles. The molecule has 0 fully saturated rings. The van der Waals surface area contributed by atoms with Crippen molar-refractivity contribution in [3.8, 4) is 5.75 Å². The molecule has 0 atom stereocenters. The normalized spacial score (nSPS) is 11.4. The third-order valence-electron chi connectivity index (χ3n) is 4.13. The van der Waals surface area contributed by atoms with Gasteiger partial charge in [-0.15, -0.1) is 0 Å². The number of benzene rings is 2. The van der Waals surface area contributed by atoms with E-state index < -0.39 is 7.60 Å². The molecule has 0 aliphatic rings. The zero-order valence-corrected chi connectivity index (χ0v) is 19.2. The quantitative estimate of drug-likeness (QED) is 0.372. The summed E-state index contributed by atoms with van der Waals surface area (Å²) < 4.78 is 29.4. The van der Waals surface area contributed by atoms with Crippen LogP contribution in [0.15, 0.2) is 48.5 Å². The number of fused-ring (bicyclic) bond motifs is 1. The van der Waals surface area contributed by atoms with E-state index in [0.29, 0.717) is 5.75 Å². The van der Waals surface area contributed by atoms with Gasteiger partial charge in [0.1, 0.15) is 5.75 Å². The Morgan fingerprint density at radius 3 is 2.45 bits per heavy atom. The van der Waals surface area contributed by atoms with Crippen molar-refractivity contribution in [3.05, 3.63) is 48.5 Å². The van der Waals surface area contributed by atoms with E-state index in [2.05, 4.69) is 15.6 Å². The maximum Gasteiger partial charge on any atom is 0.332 e. The van der Waals surface area contributed by atoms with E-state index in [-0.39, 0.29) is 38.4 Å². The van der Waals surface area contributed by atoms with Gasteiger partial charge in [-0.3, -0.25) is 9.36 Å². The number of anilines is 2. The fraction of sp³-hybridized carbons (Fsp3) is 0.333. The van der Waals surface area contributed by atoms with Crippen LogP contribution in [0.5, 0.6) is 5.75 Å². The Labute approximate surface area is 185 Å². The lowest BCUT2D eigenvalue weighted by Crippen LogP contribution is -2.31. The smallest absolute Gasteiger partial charge is 0.332 e. The Bertz CT molecular complexity index is 998. The highest BCUT2D eigenvalue weighted by Crippen LogP contribution is 2.47. The predicted molar refractivity (Wildman–Crippen MR) is 124 cm³/mol. The summed E-state index contributed by atoms with van der Waals surface area (Å²) in [6.07, 6.45) is 0.118. The number of para-hydroxylation sites is 1. The van der Waals surface area contributed by atoms with E-state index in [0.717, 1.165) is 21.0 Å². The average molecular weight is 463 g/mol. The Morgan fingerprint density at radius 2 is 1.77 bits per heavy atom. The number of carbonyl (C=O) groups is 1. The van der Waals surface area contributed by atoms with Crippen LogP contribution in [0, 0.1) is 0 Å². The van der Waals surface area contributed by atoms with Crippen molar-refractivity contribution in [1.29, 1.82) is 0 Å². The molecule has 1 amide bonds. The molecular formula is C21H26N3O5PS. The molecule has 31 heavy (non-hydrogen) atoms. The molecule has 0 aliphatic carbocycles. The van der Waals surface area contributed by atoms with Crippen LogP contribution in [0.2, 0.25) is 0 Å². The topological polar surface area (TPSA) is 98.8 Å². The lowest BCUT2D eigenvalue weighted by Gasteiger charge is -2.17. The van der Waals surface area contributed by atoms with Crippen LogP contribution in [-0.4, -0.2) is 43.4 Å². The summed E-state index contributed by atoms with van der Waals surface area (Å²) in [4.78, 5) is 16.5. The summed E-state index contributed by atoms with van der Waals surface area (Å²) in [5.74, 6) is 0.260. The summed E-state index contributed by atoms with van der Waals surface area (Å²) in [6, 6.07) is 15.2. The number of ether oxygens (including phenoxy) is 1. The molecule has 0 bridgehead atoms. The second-order valence-corrected chi connectivity index (χ2v) is 9.66. The number of thiazole rings is 1. The van der Waals surface area contributed by atoms with Gasteiger partial charge in [0, 0.05) is 12.2 Å². The van der Waals surface area contributed by atoms with Gasteiger partial charge in [-0.25, -0.2) is 4.98 Å². The Morgan fingerprint density at radius 1 is 1.06 bits per heavy atom. The first-order chi connectivity index (χ1) is 15.0. The minimum Gasteiger partial charge on any atom is -0.484 e. The molecule has 3 aromatic rings. The molecule has 0 saturated carbocycles. The van der Waals surface area contributed by atoms with Gasteiger partial charge >= 0.3 is 7.60 Å². The van der Waals surface area contributed by atoms with Crippen LogP contribution in [0.25, 0.3) is 10.2 Å². The van der Waals surface area contributed by atoms with Crippen molar-refractivity contribution in [1.82, 2.24) is 10.3 Å². The lowest BCUT2D eigenvalue weighted by atomic mass is 10.3. The first kappa shape index (κ1) is 23.2. The highest BCUT2D eigenvalue weighted by molar-refractivity contribution is 7.53. The van der Waals surface area contributed by atoms with E-state index in [1.807, 2.05) is 36.4 Å². The van der Waals surface area contributed by atoms with E-state index in [9.17, 15) is 9.36 Å². The van der Waals surface area contributed by atoms with Crippen LogP contribution < -0.4 is 15.4 Å². The third kappa shape index (κ3) is 7.04. The van der Waals surface area contributed by atoms with Gasteiger partial charge in [0.05, 0.1) is 29.6 Å². The van der Waals surface area contributed by atoms with Crippen LogP contribution in [0.1, 0.15) is 13.8 Å². The molecule has 2 aromatic carbocycles. The predicted octanol–water partition coefficient (Wildman–Crippen LogP) is 4.80. The van der Waals surface area contributed by atoms with Crippen molar-refractivity contribution < 1.29 is 23.1 Å². The molecule has 1 heterocycles. The van der Waals surface area contributed by atoms with Gasteiger partial charge in [-0.05, 0) is 50.2 Å². The van der Waals surface area contributed by atoms with Crippen molar-refractivity contribution in [2.75, 3.05) is 37.8 Å². The number of carbonyl (C=O) groups excluding carboxylic acids is 1. The number of hydrogen-bond donors (Lipinski definition) is 2. The van der Waals surface area contributed by atoms with E-state index >= 15 is 0 Å². The molecule has 0 aliphatic heterocycles. The zero-order valence-electron chi connectivity index (χ0n) is 17.5. The molecule has 3 rings (SSSR count). The zero-order chi connectivity index (χ0) is 22.1. The number of amides is 1. The minimum absolute atomic E-state index is 0.118. The van der Waals surface area contributed by atoms with Gasteiger partial charge in [-0.2, -0.15) is 0 Å². The third-order valence-corrected chi connectivity index (χ3v) is 7.16. The van der Waals surface area contributed by atoms with Crippen molar-refractivity contribution in [3.63, 3.8) is 0 Å². The highest BCUT2D eigenvalue weighted by Gasteiger charge is 2.23. The second kappa shape index (κ2) is 11.2. The lowest BCUT2D eigenvalue weighted by molar-refractivity contribution is -0.122. The van der Waals surface area contributed by atoms with Gasteiger partial charge < -0.3 is 24.4 Å². The largest absolute Gasteiger partial charge is 0.484 e. The fourth-order valence-electron chi connectivity index (χ4n) is 2.78. The summed E-state index contributed by atoms with van der Waals surface area (Å²) in [5, 5.41) is 6.75. The van der Waals surface area contributed by atoms with E-state index in [1.165, 1.54) is 0 Å². The Kier molecular flexibility index (Phi) is 8.43. The molecular weight excluding hydrogens is 437 g/mol.